The summed E-state index contributed by atoms with van der Waals surface area (Å²) >= 11 is 0. The smallest absolute Gasteiger partial charge is 0.243 e. The topological polar surface area (TPSA) is 235 Å². The van der Waals surface area contributed by atoms with E-state index in [2.05, 4.69) is 21.3 Å². The second kappa shape index (κ2) is 19.1. The molecule has 0 radical (unpaired) electrons. The van der Waals surface area contributed by atoms with Crippen molar-refractivity contribution in [2.24, 2.45) is 17.2 Å². The summed E-state index contributed by atoms with van der Waals surface area (Å²) in [5.74, 6) is -2.55. The van der Waals surface area contributed by atoms with Crippen LogP contribution in [0.4, 0.5) is 0 Å². The highest BCUT2D eigenvalue weighted by Gasteiger charge is 2.29. The standard InChI is InChI=1S/C27H37N7O6.3ClH/c28-7-1-2-20-27(40)34-21(26(39)32-14-24(37)31-9-8-29)13-18-11-16(4-6-23(18)36)15-3-5-22(35)17(10-15)12-19(30)25(38)33-20;;;/h3-6,10-11,19-21,35-36H,1-2,7-9,12-14,28-30H2,(H,31,37)(H,32,39)(H,33,38)(H,34,40);3*1H/t19-,20-,21-;;;/m0.../s1. The van der Waals surface area contributed by atoms with Crippen LogP contribution < -0.4 is 38.5 Å². The van der Waals surface area contributed by atoms with E-state index in [9.17, 15) is 29.4 Å². The molecule has 0 unspecified atom stereocenters. The summed E-state index contributed by atoms with van der Waals surface area (Å²) in [6.07, 6.45) is 0.456. The molecule has 240 valence electrons. The van der Waals surface area contributed by atoms with Gasteiger partial charge in [-0.15, -0.1) is 37.2 Å². The zero-order valence-corrected chi connectivity index (χ0v) is 25.8. The third-order valence-electron chi connectivity index (χ3n) is 6.55. The molecule has 1 heterocycles. The van der Waals surface area contributed by atoms with Crippen LogP contribution in [0, 0.1) is 0 Å². The van der Waals surface area contributed by atoms with Gasteiger partial charge in [0.25, 0.3) is 0 Å². The van der Waals surface area contributed by atoms with Crippen molar-refractivity contribution in [3.63, 3.8) is 0 Å². The number of amides is 4. The van der Waals surface area contributed by atoms with Gasteiger partial charge in [-0.25, -0.2) is 0 Å². The van der Waals surface area contributed by atoms with Crippen molar-refractivity contribution >= 4 is 60.8 Å². The number of phenolic OH excluding ortho intramolecular Hbond substituents is 2. The Hall–Kier alpha value is -3.33. The van der Waals surface area contributed by atoms with Crippen molar-refractivity contribution in [3.05, 3.63) is 47.5 Å². The SMILES string of the molecule is Cl.Cl.Cl.NCCC[C@@H]1NC(=O)[C@@H](N)Cc2cc(ccc2O)-c2ccc(O)c(c2)C[C@@H](C(=O)NCC(=O)NCCN)NC1=O. The van der Waals surface area contributed by atoms with Gasteiger partial charge in [0.15, 0.2) is 0 Å². The van der Waals surface area contributed by atoms with E-state index in [0.717, 1.165) is 0 Å². The molecule has 0 saturated heterocycles. The molecule has 0 fully saturated rings. The molecule has 4 amide bonds. The summed E-state index contributed by atoms with van der Waals surface area (Å²) in [5.41, 5.74) is 19.3. The molecule has 13 nitrogen and oxygen atoms in total. The first-order chi connectivity index (χ1) is 19.1. The predicted molar refractivity (Wildman–Crippen MR) is 170 cm³/mol. The maximum absolute atomic E-state index is 13.3. The first-order valence-corrected chi connectivity index (χ1v) is 13.1. The van der Waals surface area contributed by atoms with Crippen molar-refractivity contribution in [2.45, 2.75) is 43.8 Å². The summed E-state index contributed by atoms with van der Waals surface area (Å²) in [7, 11) is 0. The van der Waals surface area contributed by atoms with Gasteiger partial charge in [-0.05, 0) is 65.9 Å². The fourth-order valence-corrected chi connectivity index (χ4v) is 4.32. The lowest BCUT2D eigenvalue weighted by atomic mass is 9.95. The Bertz CT molecular complexity index is 1250. The molecule has 2 aromatic rings. The van der Waals surface area contributed by atoms with Crippen molar-refractivity contribution in [1.82, 2.24) is 21.3 Å². The van der Waals surface area contributed by atoms with Crippen molar-refractivity contribution in [2.75, 3.05) is 26.2 Å². The van der Waals surface area contributed by atoms with Gasteiger partial charge in [0.05, 0.1) is 12.6 Å². The minimum absolute atomic E-state index is 0. The van der Waals surface area contributed by atoms with Gasteiger partial charge in [0, 0.05) is 25.9 Å². The molecule has 43 heavy (non-hydrogen) atoms. The van der Waals surface area contributed by atoms with Crippen LogP contribution in [0.3, 0.4) is 0 Å². The van der Waals surface area contributed by atoms with Gasteiger partial charge in [-0.3, -0.25) is 19.2 Å². The van der Waals surface area contributed by atoms with Crippen LogP contribution in [0.15, 0.2) is 36.4 Å². The Balaban J connectivity index is 0.00000588. The molecule has 3 atom stereocenters. The first kappa shape index (κ1) is 39.7. The van der Waals surface area contributed by atoms with Crippen molar-refractivity contribution in [3.8, 4) is 22.6 Å². The van der Waals surface area contributed by atoms with Gasteiger partial charge in [-0.1, -0.05) is 12.1 Å². The van der Waals surface area contributed by atoms with Crippen LogP contribution in [-0.4, -0.2) is 78.1 Å². The molecule has 3 rings (SSSR count). The first-order valence-electron chi connectivity index (χ1n) is 13.1. The van der Waals surface area contributed by atoms with E-state index in [0.29, 0.717) is 28.7 Å². The van der Waals surface area contributed by atoms with E-state index in [1.165, 1.54) is 12.1 Å². The number of phenols is 2. The van der Waals surface area contributed by atoms with Gasteiger partial charge >= 0.3 is 0 Å². The molecule has 4 bridgehead atoms. The third-order valence-corrected chi connectivity index (χ3v) is 6.55. The number of fused-ring (bicyclic) bond motifs is 5. The lowest BCUT2D eigenvalue weighted by Gasteiger charge is -2.24. The zero-order valence-electron chi connectivity index (χ0n) is 23.3. The quantitative estimate of drug-likeness (QED) is 0.174. The second-order valence-electron chi connectivity index (χ2n) is 9.61. The highest BCUT2D eigenvalue weighted by molar-refractivity contribution is 5.94. The summed E-state index contributed by atoms with van der Waals surface area (Å²) in [5, 5.41) is 31.3. The molecule has 2 aromatic carbocycles. The zero-order chi connectivity index (χ0) is 29.2. The fourth-order valence-electron chi connectivity index (χ4n) is 4.32. The number of aromatic hydroxyl groups is 2. The van der Waals surface area contributed by atoms with Crippen LogP contribution in [0.1, 0.15) is 24.0 Å². The number of benzene rings is 2. The molecule has 0 aliphatic carbocycles. The number of hydrogen-bond donors (Lipinski definition) is 9. The molecule has 1 aliphatic heterocycles. The fraction of sp³-hybridized carbons (Fsp3) is 0.407. The normalized spacial score (nSPS) is 18.1. The number of nitrogens with two attached hydrogens (primary N) is 3. The van der Waals surface area contributed by atoms with Gasteiger partial charge in [-0.2, -0.15) is 0 Å². The summed E-state index contributed by atoms with van der Waals surface area (Å²) in [6.45, 7) is 0.375. The molecule has 0 spiro atoms. The number of carbonyl (C=O) groups excluding carboxylic acids is 4. The summed E-state index contributed by atoms with van der Waals surface area (Å²) < 4.78 is 0. The predicted octanol–water partition coefficient (Wildman–Crippen LogP) is -0.644. The third kappa shape index (κ3) is 11.4. The molecule has 0 aromatic heterocycles. The highest BCUT2D eigenvalue weighted by atomic mass is 35.5. The maximum atomic E-state index is 13.3. The Morgan fingerprint density at radius 2 is 1.42 bits per heavy atom. The van der Waals surface area contributed by atoms with Crippen LogP contribution >= 0.6 is 37.2 Å². The molecule has 12 N–H and O–H groups in total. The minimum atomic E-state index is -1.21. The lowest BCUT2D eigenvalue weighted by molar-refractivity contribution is -0.133. The Labute approximate surface area is 268 Å². The van der Waals surface area contributed by atoms with E-state index in [1.807, 2.05) is 0 Å². The van der Waals surface area contributed by atoms with Gasteiger partial charge in [0.2, 0.25) is 23.6 Å². The summed E-state index contributed by atoms with van der Waals surface area (Å²) in [4.78, 5) is 51.5. The molecule has 16 heteroatoms. The Kier molecular flexibility index (Phi) is 17.6. The monoisotopic (exact) mass is 663 g/mol. The Morgan fingerprint density at radius 1 is 0.837 bits per heavy atom. The van der Waals surface area contributed by atoms with Crippen LogP contribution in [0.2, 0.25) is 0 Å². The minimum Gasteiger partial charge on any atom is -0.508 e. The van der Waals surface area contributed by atoms with Gasteiger partial charge in [0.1, 0.15) is 23.6 Å². The van der Waals surface area contributed by atoms with Crippen LogP contribution in [0.5, 0.6) is 11.5 Å². The van der Waals surface area contributed by atoms with E-state index < -0.39 is 41.8 Å². The molecular formula is C27H40Cl3N7O6. The number of rotatable bonds is 8. The van der Waals surface area contributed by atoms with Crippen molar-refractivity contribution in [1.29, 1.82) is 0 Å². The van der Waals surface area contributed by atoms with E-state index >= 15 is 0 Å². The maximum Gasteiger partial charge on any atom is 0.243 e. The number of carbonyl (C=O) groups is 4. The number of halogens is 3. The lowest BCUT2D eigenvalue weighted by Crippen LogP contribution is -2.57. The van der Waals surface area contributed by atoms with Gasteiger partial charge < -0.3 is 48.7 Å². The molecule has 0 saturated carbocycles. The average Bonchev–Trinajstić information content (AvgIpc) is 2.94. The largest absolute Gasteiger partial charge is 0.508 e. The van der Waals surface area contributed by atoms with E-state index in [-0.39, 0.29) is 94.2 Å². The van der Waals surface area contributed by atoms with Crippen LogP contribution in [-0.2, 0) is 32.0 Å². The average molecular weight is 665 g/mol. The van der Waals surface area contributed by atoms with E-state index in [4.69, 9.17) is 17.2 Å². The number of nitrogens with one attached hydrogen (secondary N) is 4. The number of hydrogen-bond acceptors (Lipinski definition) is 9. The summed E-state index contributed by atoms with van der Waals surface area (Å²) in [6, 6.07) is 6.30. The molecule has 1 aliphatic rings. The Morgan fingerprint density at radius 3 is 1.98 bits per heavy atom. The molecular weight excluding hydrogens is 625 g/mol. The highest BCUT2D eigenvalue weighted by Crippen LogP contribution is 2.30. The van der Waals surface area contributed by atoms with Crippen molar-refractivity contribution < 1.29 is 29.4 Å². The van der Waals surface area contributed by atoms with E-state index in [1.54, 1.807) is 24.3 Å². The second-order valence-corrected chi connectivity index (χ2v) is 9.61. The van der Waals surface area contributed by atoms with Crippen LogP contribution in [0.25, 0.3) is 11.1 Å².